The van der Waals surface area contributed by atoms with E-state index in [1.807, 2.05) is 38.1 Å². The highest BCUT2D eigenvalue weighted by Crippen LogP contribution is 2.39. The Bertz CT molecular complexity index is 3570. The minimum Gasteiger partial charge on any atom is -0.496 e. The van der Waals surface area contributed by atoms with Crippen molar-refractivity contribution >= 4 is 57.9 Å². The summed E-state index contributed by atoms with van der Waals surface area (Å²) in [6.07, 6.45) is 15.5. The highest BCUT2D eigenvalue weighted by atomic mass is 16.5. The van der Waals surface area contributed by atoms with Crippen molar-refractivity contribution in [2.45, 2.75) is 57.5 Å². The van der Waals surface area contributed by atoms with Crippen LogP contribution in [0.2, 0.25) is 0 Å². The Morgan fingerprint density at radius 1 is 0.635 bits per heavy atom. The number of benzene rings is 2. The average molecular weight is 987 g/mol. The molecule has 0 unspecified atom stereocenters. The van der Waals surface area contributed by atoms with Crippen LogP contribution in [0.5, 0.6) is 5.75 Å². The van der Waals surface area contributed by atoms with E-state index >= 15 is 0 Å². The monoisotopic (exact) mass is 986 g/mol. The molecule has 0 bridgehead atoms. The van der Waals surface area contributed by atoms with Gasteiger partial charge in [-0.15, -0.1) is 0 Å². The molecule has 1 aliphatic carbocycles. The maximum atomic E-state index is 12.9. The third-order valence-corrected chi connectivity index (χ3v) is 13.0. The number of imidazole rings is 2. The lowest BCUT2D eigenvalue weighted by Crippen LogP contribution is -2.30. The van der Waals surface area contributed by atoms with Gasteiger partial charge in [-0.2, -0.15) is 0 Å². The summed E-state index contributed by atoms with van der Waals surface area (Å²) in [5.41, 5.74) is 17.5. The fourth-order valence-electron chi connectivity index (χ4n) is 9.30. The van der Waals surface area contributed by atoms with Gasteiger partial charge in [-0.25, -0.2) is 29.9 Å². The number of methoxy groups -OCH3 is 1. The summed E-state index contributed by atoms with van der Waals surface area (Å²) < 4.78 is 9.36. The van der Waals surface area contributed by atoms with Crippen molar-refractivity contribution in [3.05, 3.63) is 139 Å². The van der Waals surface area contributed by atoms with E-state index < -0.39 is 0 Å². The van der Waals surface area contributed by atoms with Crippen LogP contribution in [0, 0.1) is 29.6 Å². The Morgan fingerprint density at radius 2 is 1.18 bits per heavy atom. The van der Waals surface area contributed by atoms with Gasteiger partial charge in [-0.3, -0.25) is 28.0 Å². The summed E-state index contributed by atoms with van der Waals surface area (Å²) >= 11 is 0. The number of amides is 4. The number of nitrogen functional groups attached to an aromatic ring is 2. The Hall–Kier alpha value is -9.62. The van der Waals surface area contributed by atoms with E-state index in [1.165, 1.54) is 7.11 Å². The summed E-state index contributed by atoms with van der Waals surface area (Å²) in [4.78, 5) is 81.4. The van der Waals surface area contributed by atoms with E-state index in [1.54, 1.807) is 103 Å². The smallest absolute Gasteiger partial charge is 0.299 e. The van der Waals surface area contributed by atoms with Gasteiger partial charge in [0.05, 0.1) is 24.8 Å². The zero-order valence-corrected chi connectivity index (χ0v) is 40.5. The lowest BCUT2D eigenvalue weighted by molar-refractivity contribution is -0.126. The predicted octanol–water partition coefficient (Wildman–Crippen LogP) is 7.02. The number of nitrogens with one attached hydrogen (secondary N) is 2. The van der Waals surface area contributed by atoms with E-state index in [-0.39, 0.29) is 35.7 Å². The molecule has 19 heteroatoms. The largest absolute Gasteiger partial charge is 0.496 e. The number of aromatic nitrogens is 8. The van der Waals surface area contributed by atoms with Gasteiger partial charge in [0.15, 0.2) is 0 Å². The number of rotatable bonds is 9. The number of fused-ring (bicyclic) bond motifs is 2. The first-order valence-corrected chi connectivity index (χ1v) is 24.1. The summed E-state index contributed by atoms with van der Waals surface area (Å²) in [6.45, 7) is 2.90. The predicted molar refractivity (Wildman–Crippen MR) is 278 cm³/mol. The number of likely N-dealkylation sites (tertiary alicyclic amines) is 2. The Morgan fingerprint density at radius 3 is 1.70 bits per heavy atom. The molecule has 370 valence electrons. The molecule has 74 heavy (non-hydrogen) atoms. The number of pyridine rings is 2. The molecular formula is C55H50N14O5. The second kappa shape index (κ2) is 21.0. The van der Waals surface area contributed by atoms with Gasteiger partial charge in [-0.1, -0.05) is 42.2 Å². The summed E-state index contributed by atoms with van der Waals surface area (Å²) in [7, 11) is 1.50. The summed E-state index contributed by atoms with van der Waals surface area (Å²) in [6, 6.07) is 22.5. The van der Waals surface area contributed by atoms with Gasteiger partial charge in [0.1, 0.15) is 63.1 Å². The third kappa shape index (κ3) is 9.86. The van der Waals surface area contributed by atoms with Crippen LogP contribution in [0.25, 0.3) is 33.5 Å². The number of carbonyl (C=O) groups excluding carboxylic acids is 4. The molecule has 0 radical (unpaired) electrons. The molecule has 3 aliphatic rings. The number of hydrogen-bond acceptors (Lipinski definition) is 13. The molecule has 6 N–H and O–H groups in total. The molecule has 0 spiro atoms. The lowest BCUT2D eigenvalue weighted by atomic mass is 10.1. The van der Waals surface area contributed by atoms with Gasteiger partial charge < -0.3 is 36.6 Å². The molecule has 4 amide bonds. The zero-order chi connectivity index (χ0) is 51.3. The van der Waals surface area contributed by atoms with Crippen molar-refractivity contribution in [3.63, 3.8) is 0 Å². The van der Waals surface area contributed by atoms with E-state index in [9.17, 15) is 19.2 Å². The van der Waals surface area contributed by atoms with Crippen LogP contribution in [0.15, 0.2) is 116 Å². The number of ether oxygens (including phenoxy) is 1. The topological polar surface area (TPSA) is 246 Å². The maximum absolute atomic E-state index is 12.9. The van der Waals surface area contributed by atoms with Gasteiger partial charge in [-0.05, 0) is 106 Å². The fourth-order valence-corrected chi connectivity index (χ4v) is 9.30. The van der Waals surface area contributed by atoms with Crippen molar-refractivity contribution in [3.8, 4) is 51.9 Å². The van der Waals surface area contributed by atoms with Crippen LogP contribution in [0.4, 0.5) is 23.3 Å². The summed E-state index contributed by atoms with van der Waals surface area (Å²) in [5, 5.41) is 5.56. The molecule has 19 nitrogen and oxygen atoms in total. The second-order valence-electron chi connectivity index (χ2n) is 17.8. The van der Waals surface area contributed by atoms with Crippen molar-refractivity contribution in [1.82, 2.24) is 48.5 Å². The molecule has 2 aliphatic heterocycles. The van der Waals surface area contributed by atoms with Crippen LogP contribution < -0.4 is 26.8 Å². The molecule has 6 aromatic heterocycles. The number of carbonyl (C=O) groups is 4. The first-order chi connectivity index (χ1) is 36.1. The van der Waals surface area contributed by atoms with Crippen molar-refractivity contribution in [2.75, 3.05) is 42.3 Å². The molecule has 2 aromatic carbocycles. The number of nitrogens with two attached hydrogens (primary N) is 2. The van der Waals surface area contributed by atoms with Crippen LogP contribution in [-0.4, -0.2) is 92.3 Å². The standard InChI is InChI=1S/C28H25N7O2.C27H25N7O3/c29-26-25-24(19-9-11-20(12-10-19)28(37)32-22-5-1-2-14-30-22)33-27(35(25)17-15-31-26)21-4-3-16-34(21)23(36)13-8-18-6-7-18;1-3-7-22(35)33-14-6-8-19(33)26-32-23(24-25(28)30-13-15-34(24)26)17-10-11-18(20(16-17)37-2)27(36)31-21-9-4-5-12-29-21/h1-2,5,9-12,14-15,17-18,21H,3-4,6-7,16H2,(H2,29,31)(H,30,32,37);4-5,9-13,15-16,19H,6,8,14H2,1-2H3,(H2,28,30)(H,29,31,36)/t21-;19-/m00/s1. The minimum absolute atomic E-state index is 0.155. The van der Waals surface area contributed by atoms with Gasteiger partial charge in [0, 0.05) is 72.9 Å². The lowest BCUT2D eigenvalue weighted by Gasteiger charge is -2.21. The van der Waals surface area contributed by atoms with Crippen LogP contribution in [0.3, 0.4) is 0 Å². The first kappa shape index (κ1) is 48.0. The average Bonchev–Trinajstić information content (AvgIpc) is 3.77. The zero-order valence-electron chi connectivity index (χ0n) is 40.5. The van der Waals surface area contributed by atoms with Crippen molar-refractivity contribution < 1.29 is 23.9 Å². The van der Waals surface area contributed by atoms with Gasteiger partial charge in [0.25, 0.3) is 23.6 Å². The van der Waals surface area contributed by atoms with Crippen LogP contribution in [0.1, 0.15) is 89.9 Å². The van der Waals surface area contributed by atoms with Crippen molar-refractivity contribution in [2.24, 2.45) is 5.92 Å². The molecule has 8 heterocycles. The molecular weight excluding hydrogens is 937 g/mol. The highest BCUT2D eigenvalue weighted by molar-refractivity contribution is 6.06. The quantitative estimate of drug-likeness (QED) is 0.106. The second-order valence-corrected chi connectivity index (χ2v) is 17.8. The van der Waals surface area contributed by atoms with Crippen molar-refractivity contribution in [1.29, 1.82) is 0 Å². The third-order valence-electron chi connectivity index (χ3n) is 13.0. The van der Waals surface area contributed by atoms with Gasteiger partial charge >= 0.3 is 0 Å². The maximum Gasteiger partial charge on any atom is 0.299 e. The van der Waals surface area contributed by atoms with E-state index in [0.29, 0.717) is 93.0 Å². The van der Waals surface area contributed by atoms with Crippen LogP contribution in [-0.2, 0) is 9.59 Å². The Balaban J connectivity index is 0.000000169. The van der Waals surface area contributed by atoms with Crippen LogP contribution >= 0.6 is 0 Å². The molecule has 2 saturated heterocycles. The minimum atomic E-state index is -0.351. The molecule has 8 aromatic rings. The Kier molecular flexibility index (Phi) is 13.6. The van der Waals surface area contributed by atoms with E-state index in [0.717, 1.165) is 49.9 Å². The van der Waals surface area contributed by atoms with E-state index in [4.69, 9.17) is 26.2 Å². The normalized spacial score (nSPS) is 15.8. The van der Waals surface area contributed by atoms with E-state index in [2.05, 4.69) is 54.3 Å². The fraction of sp³-hybridized carbons (Fsp3) is 0.236. The molecule has 2 atom stereocenters. The highest BCUT2D eigenvalue weighted by Gasteiger charge is 2.35. The van der Waals surface area contributed by atoms with Gasteiger partial charge in [0.2, 0.25) is 0 Å². The first-order valence-electron chi connectivity index (χ1n) is 24.1. The number of hydrogen-bond donors (Lipinski definition) is 4. The number of anilines is 4. The SMILES string of the molecule is CC#CC(=O)N1CCC[C@H]1c1nc(-c2ccc(C(=O)Nc3ccccn3)c(OC)c2)c2c(N)nccn12.Nc1nccn2c([C@@H]3CCCN3C(=O)C#CC3CC3)nc(-c3ccc(C(=O)Nc4ccccn4)cc3)c12. The summed E-state index contributed by atoms with van der Waals surface area (Å²) in [5.74, 6) is 14.0. The molecule has 1 saturated carbocycles. The molecule has 3 fully saturated rings. The number of nitrogens with zero attached hydrogens (tertiary/aromatic N) is 10. The Labute approximate surface area is 425 Å². The molecule has 11 rings (SSSR count).